The van der Waals surface area contributed by atoms with Gasteiger partial charge in [-0.15, -0.1) is 0 Å². The highest BCUT2D eigenvalue weighted by Gasteiger charge is 2.53. The van der Waals surface area contributed by atoms with Crippen molar-refractivity contribution in [2.45, 2.75) is 64.1 Å². The fraction of sp³-hybridized carbons (Fsp3) is 0.458. The zero-order valence-corrected chi connectivity index (χ0v) is 19.1. The van der Waals surface area contributed by atoms with E-state index in [1.807, 2.05) is 26.0 Å². The molecule has 2 aromatic carbocycles. The second-order valence-electron chi connectivity index (χ2n) is 9.09. The molecular formula is C24H32O4Si. The lowest BCUT2D eigenvalue weighted by Crippen LogP contribution is -2.68. The van der Waals surface area contributed by atoms with E-state index in [1.165, 1.54) is 10.4 Å². The summed E-state index contributed by atoms with van der Waals surface area (Å²) in [4.78, 5) is 11.6. The number of rotatable bonds is 7. The highest BCUT2D eigenvalue weighted by molar-refractivity contribution is 6.99. The summed E-state index contributed by atoms with van der Waals surface area (Å²) >= 11 is 0. The molecule has 2 atom stereocenters. The van der Waals surface area contributed by atoms with E-state index in [0.717, 1.165) is 6.29 Å². The van der Waals surface area contributed by atoms with Crippen LogP contribution in [-0.4, -0.2) is 39.2 Å². The largest absolute Gasteiger partial charge is 0.401 e. The fourth-order valence-electron chi connectivity index (χ4n) is 4.19. The van der Waals surface area contributed by atoms with Crippen molar-refractivity contribution >= 4 is 25.0 Å². The summed E-state index contributed by atoms with van der Waals surface area (Å²) in [5.74, 6) is -0.666. The highest BCUT2D eigenvalue weighted by Crippen LogP contribution is 2.39. The van der Waals surface area contributed by atoms with E-state index in [0.29, 0.717) is 6.61 Å². The first-order valence-corrected chi connectivity index (χ1v) is 12.1. The molecule has 2 aromatic rings. The van der Waals surface area contributed by atoms with Crippen molar-refractivity contribution in [2.24, 2.45) is 0 Å². The van der Waals surface area contributed by atoms with Crippen molar-refractivity contribution in [1.82, 2.24) is 0 Å². The second-order valence-corrected chi connectivity index (χ2v) is 13.3. The Kier molecular flexibility index (Phi) is 6.44. The van der Waals surface area contributed by atoms with Gasteiger partial charge in [0.1, 0.15) is 12.4 Å². The van der Waals surface area contributed by atoms with Gasteiger partial charge in [-0.05, 0) is 29.3 Å². The fourth-order valence-corrected chi connectivity index (χ4v) is 8.90. The third kappa shape index (κ3) is 4.53. The smallest absolute Gasteiger partial charge is 0.261 e. The molecule has 0 bridgehead atoms. The molecule has 0 spiro atoms. The Morgan fingerprint density at radius 2 is 1.59 bits per heavy atom. The van der Waals surface area contributed by atoms with Crippen LogP contribution < -0.4 is 10.4 Å². The normalized spacial score (nSPS) is 20.4. The SMILES string of the molecule is CC1(C)OC[C@H]([C@H](CC=O)O[Si](c2ccccc2)(c2ccccc2)C(C)(C)C)O1. The van der Waals surface area contributed by atoms with Gasteiger partial charge in [0.05, 0.1) is 12.7 Å². The summed E-state index contributed by atoms with van der Waals surface area (Å²) in [5.41, 5.74) is 0. The summed E-state index contributed by atoms with van der Waals surface area (Å²) in [6.07, 6.45) is 0.545. The van der Waals surface area contributed by atoms with Gasteiger partial charge >= 0.3 is 0 Å². The number of hydrogen-bond donors (Lipinski definition) is 0. The van der Waals surface area contributed by atoms with Crippen molar-refractivity contribution in [3.8, 4) is 0 Å². The van der Waals surface area contributed by atoms with Gasteiger partial charge in [0.15, 0.2) is 5.79 Å². The van der Waals surface area contributed by atoms with Gasteiger partial charge in [0, 0.05) is 6.42 Å². The first-order chi connectivity index (χ1) is 13.7. The first-order valence-electron chi connectivity index (χ1n) is 10.2. The van der Waals surface area contributed by atoms with Crippen LogP contribution in [0.2, 0.25) is 5.04 Å². The lowest BCUT2D eigenvalue weighted by atomic mass is 10.1. The van der Waals surface area contributed by atoms with E-state index >= 15 is 0 Å². The maximum Gasteiger partial charge on any atom is 0.261 e. The molecule has 0 aromatic heterocycles. The average Bonchev–Trinajstić information content (AvgIpc) is 3.05. The summed E-state index contributed by atoms with van der Waals surface area (Å²) in [5, 5.41) is 2.21. The number of carbonyl (C=O) groups is 1. The number of aldehydes is 1. The van der Waals surface area contributed by atoms with Crippen molar-refractivity contribution in [2.75, 3.05) is 6.61 Å². The van der Waals surface area contributed by atoms with Crippen LogP contribution in [-0.2, 0) is 18.7 Å². The minimum absolute atomic E-state index is 0.161. The van der Waals surface area contributed by atoms with Gasteiger partial charge < -0.3 is 18.7 Å². The Bertz CT molecular complexity index is 759. The van der Waals surface area contributed by atoms with Crippen molar-refractivity contribution in [3.63, 3.8) is 0 Å². The third-order valence-electron chi connectivity index (χ3n) is 5.52. The maximum atomic E-state index is 11.6. The van der Waals surface area contributed by atoms with E-state index in [9.17, 15) is 4.79 Å². The van der Waals surface area contributed by atoms with Crippen LogP contribution in [0.1, 0.15) is 41.0 Å². The molecule has 1 saturated heterocycles. The Labute approximate surface area is 175 Å². The standard InChI is InChI=1S/C24H32O4Si/c1-23(2,3)29(19-12-8-6-9-13-19,20-14-10-7-11-15-20)28-21(16-17-25)22-18-26-24(4,5)27-22/h6-15,17,21-22H,16,18H2,1-5H3/t21-,22+/m0/s1. The highest BCUT2D eigenvalue weighted by atomic mass is 28.4. The number of hydrogen-bond acceptors (Lipinski definition) is 4. The van der Waals surface area contributed by atoms with E-state index in [1.54, 1.807) is 0 Å². The molecule has 1 fully saturated rings. The van der Waals surface area contributed by atoms with E-state index in [-0.39, 0.29) is 23.7 Å². The Morgan fingerprint density at radius 3 is 1.97 bits per heavy atom. The molecule has 0 radical (unpaired) electrons. The van der Waals surface area contributed by atoms with Crippen LogP contribution >= 0.6 is 0 Å². The number of benzene rings is 2. The third-order valence-corrected chi connectivity index (χ3v) is 10.6. The van der Waals surface area contributed by atoms with Crippen LogP contribution in [0.3, 0.4) is 0 Å². The molecule has 0 aliphatic carbocycles. The van der Waals surface area contributed by atoms with Crippen molar-refractivity contribution in [1.29, 1.82) is 0 Å². The molecule has 3 rings (SSSR count). The Hall–Kier alpha value is -1.79. The van der Waals surface area contributed by atoms with Gasteiger partial charge in [-0.3, -0.25) is 0 Å². The molecule has 1 aliphatic rings. The van der Waals surface area contributed by atoms with Crippen molar-refractivity contribution < 1.29 is 18.7 Å². The van der Waals surface area contributed by atoms with Gasteiger partial charge in [0.2, 0.25) is 0 Å². The van der Waals surface area contributed by atoms with Gasteiger partial charge in [-0.25, -0.2) is 0 Å². The summed E-state index contributed by atoms with van der Waals surface area (Å²) in [7, 11) is -2.76. The van der Waals surface area contributed by atoms with Crippen LogP contribution in [0.5, 0.6) is 0 Å². The number of carbonyl (C=O) groups excluding carboxylic acids is 1. The second kappa shape index (κ2) is 8.52. The predicted octanol–water partition coefficient (Wildman–Crippen LogP) is 3.67. The molecule has 0 saturated carbocycles. The molecule has 0 unspecified atom stereocenters. The molecule has 0 amide bonds. The topological polar surface area (TPSA) is 44.8 Å². The average molecular weight is 413 g/mol. The summed E-state index contributed by atoms with van der Waals surface area (Å²) in [6.45, 7) is 10.9. The minimum atomic E-state index is -2.76. The molecule has 29 heavy (non-hydrogen) atoms. The zero-order valence-electron chi connectivity index (χ0n) is 18.1. The minimum Gasteiger partial charge on any atom is -0.401 e. The van der Waals surface area contributed by atoms with Crippen LogP contribution in [0, 0.1) is 0 Å². The van der Waals surface area contributed by atoms with Gasteiger partial charge in [-0.2, -0.15) is 0 Å². The lowest BCUT2D eigenvalue weighted by molar-refractivity contribution is -0.150. The molecule has 0 N–H and O–H groups in total. The lowest BCUT2D eigenvalue weighted by Gasteiger charge is -2.45. The molecular weight excluding hydrogens is 380 g/mol. The maximum absolute atomic E-state index is 11.6. The first kappa shape index (κ1) is 21.9. The van der Waals surface area contributed by atoms with Crippen LogP contribution in [0.25, 0.3) is 0 Å². The van der Waals surface area contributed by atoms with E-state index < -0.39 is 14.1 Å². The monoisotopic (exact) mass is 412 g/mol. The Morgan fingerprint density at radius 1 is 1.07 bits per heavy atom. The van der Waals surface area contributed by atoms with Gasteiger partial charge in [0.25, 0.3) is 8.32 Å². The van der Waals surface area contributed by atoms with Gasteiger partial charge in [-0.1, -0.05) is 81.4 Å². The van der Waals surface area contributed by atoms with E-state index in [4.69, 9.17) is 13.9 Å². The summed E-state index contributed by atoms with van der Waals surface area (Å²) < 4.78 is 19.0. The quantitative estimate of drug-likeness (QED) is 0.514. The predicted molar refractivity (Wildman–Crippen MR) is 118 cm³/mol. The molecule has 1 heterocycles. The number of ether oxygens (including phenoxy) is 2. The molecule has 4 nitrogen and oxygen atoms in total. The molecule has 156 valence electrons. The van der Waals surface area contributed by atoms with E-state index in [2.05, 4.69) is 69.3 Å². The molecule has 1 aliphatic heterocycles. The molecule has 5 heteroatoms. The van der Waals surface area contributed by atoms with Crippen LogP contribution in [0.4, 0.5) is 0 Å². The zero-order chi connectivity index (χ0) is 21.1. The van der Waals surface area contributed by atoms with Crippen molar-refractivity contribution in [3.05, 3.63) is 60.7 Å². The Balaban J connectivity index is 2.12. The summed E-state index contributed by atoms with van der Waals surface area (Å²) in [6, 6.07) is 20.9. The van der Waals surface area contributed by atoms with Crippen LogP contribution in [0.15, 0.2) is 60.7 Å².